The van der Waals surface area contributed by atoms with Crippen LogP contribution in [-0.2, 0) is 6.54 Å². The number of benzene rings is 2. The lowest BCUT2D eigenvalue weighted by molar-refractivity contribution is 0.414. The van der Waals surface area contributed by atoms with Crippen LogP contribution in [0.3, 0.4) is 0 Å². The predicted octanol–water partition coefficient (Wildman–Crippen LogP) is 4.49. The summed E-state index contributed by atoms with van der Waals surface area (Å²) in [5.74, 6) is 1.29. The van der Waals surface area contributed by atoms with Crippen molar-refractivity contribution in [2.75, 3.05) is 7.11 Å². The van der Waals surface area contributed by atoms with E-state index in [0.717, 1.165) is 20.6 Å². The number of nitrogens with zero attached hydrogens (tertiary/aromatic N) is 6. The van der Waals surface area contributed by atoms with Gasteiger partial charge >= 0.3 is 0 Å². The molecule has 0 radical (unpaired) electrons. The van der Waals surface area contributed by atoms with Crippen molar-refractivity contribution in [1.29, 1.82) is 0 Å². The maximum atomic E-state index is 6.28. The van der Waals surface area contributed by atoms with Crippen molar-refractivity contribution in [3.63, 3.8) is 0 Å². The molecule has 2 aromatic heterocycles. The molecule has 0 aliphatic heterocycles. The summed E-state index contributed by atoms with van der Waals surface area (Å²) in [5, 5.41) is 18.4. The van der Waals surface area contributed by atoms with Gasteiger partial charge in [0.25, 0.3) is 0 Å². The van der Waals surface area contributed by atoms with Gasteiger partial charge in [-0.15, -0.1) is 10.2 Å². The Morgan fingerprint density at radius 1 is 1.07 bits per heavy atom. The van der Waals surface area contributed by atoms with E-state index in [9.17, 15) is 0 Å². The second-order valence-corrected chi connectivity index (χ2v) is 7.73. The summed E-state index contributed by atoms with van der Waals surface area (Å²) in [4.78, 5) is 1.54. The summed E-state index contributed by atoms with van der Waals surface area (Å²) < 4.78 is 7.57. The van der Waals surface area contributed by atoms with Crippen molar-refractivity contribution in [2.45, 2.75) is 6.54 Å². The van der Waals surface area contributed by atoms with E-state index in [-0.39, 0.29) is 0 Å². The molecular formula is C18H13Cl2IN6O. The van der Waals surface area contributed by atoms with Crippen LogP contribution in [0.1, 0.15) is 5.56 Å². The summed E-state index contributed by atoms with van der Waals surface area (Å²) in [6.45, 7) is 0.502. The SMILES string of the molecule is COc1ccc(Cn2nnc(-c3cn(-c4cc(Cl)ccc4Cl)nc3I)n2)cc1. The van der Waals surface area contributed by atoms with Crippen molar-refractivity contribution >= 4 is 45.8 Å². The Balaban J connectivity index is 1.60. The molecule has 0 saturated carbocycles. The lowest BCUT2D eigenvalue weighted by Crippen LogP contribution is -2.04. The van der Waals surface area contributed by atoms with Crippen LogP contribution in [0.15, 0.2) is 48.7 Å². The van der Waals surface area contributed by atoms with E-state index < -0.39 is 0 Å². The molecule has 0 bridgehead atoms. The minimum absolute atomic E-state index is 0.488. The second-order valence-electron chi connectivity index (χ2n) is 5.87. The van der Waals surface area contributed by atoms with Crippen LogP contribution in [0.25, 0.3) is 17.1 Å². The number of hydrogen-bond acceptors (Lipinski definition) is 5. The number of tetrazole rings is 1. The largest absolute Gasteiger partial charge is 0.497 e. The zero-order chi connectivity index (χ0) is 19.7. The third-order valence-corrected chi connectivity index (χ3v) is 5.35. The molecule has 142 valence electrons. The molecule has 0 spiro atoms. The maximum Gasteiger partial charge on any atom is 0.209 e. The molecule has 7 nitrogen and oxygen atoms in total. The topological polar surface area (TPSA) is 70.7 Å². The summed E-state index contributed by atoms with van der Waals surface area (Å²) in [7, 11) is 1.64. The highest BCUT2D eigenvalue weighted by molar-refractivity contribution is 14.1. The van der Waals surface area contributed by atoms with Crippen molar-refractivity contribution in [3.05, 3.63) is 68.0 Å². The van der Waals surface area contributed by atoms with Crippen LogP contribution in [0, 0.1) is 3.70 Å². The van der Waals surface area contributed by atoms with E-state index in [2.05, 4.69) is 43.1 Å². The smallest absolute Gasteiger partial charge is 0.209 e. The monoisotopic (exact) mass is 526 g/mol. The Morgan fingerprint density at radius 2 is 1.86 bits per heavy atom. The highest BCUT2D eigenvalue weighted by Crippen LogP contribution is 2.27. The molecule has 0 unspecified atom stereocenters. The Morgan fingerprint density at radius 3 is 2.61 bits per heavy atom. The molecule has 2 aromatic carbocycles. The first kappa shape index (κ1) is 19.2. The molecular weight excluding hydrogens is 514 g/mol. The fourth-order valence-electron chi connectivity index (χ4n) is 2.60. The van der Waals surface area contributed by atoms with Crippen LogP contribution < -0.4 is 4.74 Å². The number of ether oxygens (including phenoxy) is 1. The van der Waals surface area contributed by atoms with Gasteiger partial charge in [-0.2, -0.15) is 9.90 Å². The van der Waals surface area contributed by atoms with Crippen molar-refractivity contribution in [3.8, 4) is 22.8 Å². The van der Waals surface area contributed by atoms with Gasteiger partial charge in [0, 0.05) is 11.2 Å². The van der Waals surface area contributed by atoms with E-state index in [1.54, 1.807) is 30.0 Å². The molecule has 0 aliphatic rings. The Labute approximate surface area is 184 Å². The first-order valence-corrected chi connectivity index (χ1v) is 9.98. The number of rotatable bonds is 5. The van der Waals surface area contributed by atoms with Crippen LogP contribution in [0.5, 0.6) is 5.75 Å². The van der Waals surface area contributed by atoms with Gasteiger partial charge in [-0.05, 0) is 63.7 Å². The van der Waals surface area contributed by atoms with Gasteiger partial charge < -0.3 is 4.74 Å². The van der Waals surface area contributed by atoms with Gasteiger partial charge in [0.1, 0.15) is 9.45 Å². The molecule has 28 heavy (non-hydrogen) atoms. The molecule has 0 fully saturated rings. The summed E-state index contributed by atoms with van der Waals surface area (Å²) in [5.41, 5.74) is 2.49. The van der Waals surface area contributed by atoms with Gasteiger partial charge in [-0.25, -0.2) is 4.68 Å². The van der Waals surface area contributed by atoms with Crippen LogP contribution in [0.4, 0.5) is 0 Å². The highest BCUT2D eigenvalue weighted by atomic mass is 127. The van der Waals surface area contributed by atoms with Gasteiger partial charge in [0.05, 0.1) is 29.9 Å². The molecule has 0 saturated heterocycles. The average molecular weight is 527 g/mol. The van der Waals surface area contributed by atoms with Crippen LogP contribution in [-0.4, -0.2) is 37.1 Å². The minimum Gasteiger partial charge on any atom is -0.497 e. The van der Waals surface area contributed by atoms with E-state index in [4.69, 9.17) is 27.9 Å². The standard InChI is InChI=1S/C18H13Cl2IN6O/c1-28-13-5-2-11(3-6-13)9-27-24-18(22-25-27)14-10-26(23-17(14)21)16-8-12(19)4-7-15(16)20/h2-8,10H,9H2,1H3. The zero-order valence-electron chi connectivity index (χ0n) is 14.6. The third kappa shape index (κ3) is 3.98. The first-order valence-electron chi connectivity index (χ1n) is 8.15. The Kier molecular flexibility index (Phi) is 5.51. The maximum absolute atomic E-state index is 6.28. The molecule has 4 aromatic rings. The van der Waals surface area contributed by atoms with E-state index in [1.807, 2.05) is 30.5 Å². The van der Waals surface area contributed by atoms with Crippen molar-refractivity contribution in [1.82, 2.24) is 30.0 Å². The lowest BCUT2D eigenvalue weighted by Gasteiger charge is -2.04. The van der Waals surface area contributed by atoms with Gasteiger partial charge in [0.15, 0.2) is 0 Å². The Bertz CT molecular complexity index is 1130. The molecule has 10 heteroatoms. The molecule has 0 N–H and O–H groups in total. The highest BCUT2D eigenvalue weighted by Gasteiger charge is 2.16. The van der Waals surface area contributed by atoms with Gasteiger partial charge in [-0.3, -0.25) is 0 Å². The van der Waals surface area contributed by atoms with E-state index in [1.165, 1.54) is 4.80 Å². The average Bonchev–Trinajstić information content (AvgIpc) is 3.30. The molecule has 0 amide bonds. The van der Waals surface area contributed by atoms with Crippen LogP contribution >= 0.6 is 45.8 Å². The van der Waals surface area contributed by atoms with Gasteiger partial charge in [-0.1, -0.05) is 35.3 Å². The van der Waals surface area contributed by atoms with E-state index >= 15 is 0 Å². The number of methoxy groups -OCH3 is 1. The quantitative estimate of drug-likeness (QED) is 0.358. The number of aromatic nitrogens is 6. The Hall–Kier alpha value is -2.17. The summed E-state index contributed by atoms with van der Waals surface area (Å²) >= 11 is 14.5. The van der Waals surface area contributed by atoms with Crippen molar-refractivity contribution < 1.29 is 4.74 Å². The fraction of sp³-hybridized carbons (Fsp3) is 0.111. The van der Waals surface area contributed by atoms with Crippen molar-refractivity contribution in [2.24, 2.45) is 0 Å². The molecule has 0 aliphatic carbocycles. The second kappa shape index (κ2) is 8.06. The third-order valence-electron chi connectivity index (χ3n) is 4.00. The van der Waals surface area contributed by atoms with Gasteiger partial charge in [0.2, 0.25) is 5.82 Å². The molecule has 4 rings (SSSR count). The first-order chi connectivity index (χ1) is 13.5. The number of halogens is 3. The minimum atomic E-state index is 0.488. The summed E-state index contributed by atoms with van der Waals surface area (Å²) in [6, 6.07) is 12.9. The summed E-state index contributed by atoms with van der Waals surface area (Å²) in [6.07, 6.45) is 1.81. The van der Waals surface area contributed by atoms with E-state index in [0.29, 0.717) is 28.1 Å². The number of hydrogen-bond donors (Lipinski definition) is 0. The van der Waals surface area contributed by atoms with Crippen LogP contribution in [0.2, 0.25) is 10.0 Å². The predicted molar refractivity (Wildman–Crippen MR) is 115 cm³/mol. The normalized spacial score (nSPS) is 11.0. The fourth-order valence-corrected chi connectivity index (χ4v) is 3.58. The zero-order valence-corrected chi connectivity index (χ0v) is 18.2. The lowest BCUT2D eigenvalue weighted by atomic mass is 10.2. The molecule has 2 heterocycles. The molecule has 0 atom stereocenters.